The molecule has 0 radical (unpaired) electrons. The van der Waals surface area contributed by atoms with E-state index in [1.54, 1.807) is 17.2 Å². The molecule has 0 bridgehead atoms. The number of benzene rings is 1. The lowest BCUT2D eigenvalue weighted by molar-refractivity contribution is -0.136. The summed E-state index contributed by atoms with van der Waals surface area (Å²) < 4.78 is 0. The number of carbonyl (C=O) groups excluding carboxylic acids is 2. The number of amides is 3. The van der Waals surface area contributed by atoms with Crippen LogP contribution in [0.3, 0.4) is 0 Å². The van der Waals surface area contributed by atoms with Gasteiger partial charge in [-0.05, 0) is 55.7 Å². The molecule has 0 saturated carbocycles. The van der Waals surface area contributed by atoms with Crippen LogP contribution in [0.25, 0.3) is 10.9 Å². The molecule has 2 N–H and O–H groups in total. The molecule has 0 aliphatic carbocycles. The van der Waals surface area contributed by atoms with Gasteiger partial charge in [-0.15, -0.1) is 0 Å². The molecule has 1 saturated heterocycles. The molecule has 1 aliphatic rings. The second-order valence-corrected chi connectivity index (χ2v) is 7.74. The Labute approximate surface area is 179 Å². The summed E-state index contributed by atoms with van der Waals surface area (Å²) in [5.41, 5.74) is 2.52. The molecule has 8 heteroatoms. The first-order valence-corrected chi connectivity index (χ1v) is 10.2. The number of carbonyl (C=O) groups is 2. The maximum absolute atomic E-state index is 12.8. The number of piperidine rings is 1. The predicted octanol–water partition coefficient (Wildman–Crippen LogP) is 3.90. The summed E-state index contributed by atoms with van der Waals surface area (Å²) >= 11 is 6.22. The van der Waals surface area contributed by atoms with Crippen molar-refractivity contribution >= 4 is 40.3 Å². The fourth-order valence-electron chi connectivity index (χ4n) is 3.62. The van der Waals surface area contributed by atoms with Crippen LogP contribution in [0.15, 0.2) is 48.7 Å². The van der Waals surface area contributed by atoms with Crippen LogP contribution in [0, 0.1) is 6.92 Å². The molecular weight excluding hydrogens is 402 g/mol. The van der Waals surface area contributed by atoms with Crippen molar-refractivity contribution in [2.75, 3.05) is 11.9 Å². The SMILES string of the molecule is Cc1ccc(Cl)c2ccc(NC(=O)NC3CCCN(Cc4ccccn4)C3=O)nc12. The van der Waals surface area contributed by atoms with Crippen molar-refractivity contribution in [1.82, 2.24) is 20.2 Å². The van der Waals surface area contributed by atoms with Gasteiger partial charge in [-0.3, -0.25) is 15.1 Å². The Kier molecular flexibility index (Phi) is 5.81. The number of likely N-dealkylation sites (tertiary alicyclic amines) is 1. The van der Waals surface area contributed by atoms with E-state index in [4.69, 9.17) is 11.6 Å². The fraction of sp³-hybridized carbons (Fsp3) is 0.273. The topological polar surface area (TPSA) is 87.2 Å². The van der Waals surface area contributed by atoms with Crippen LogP contribution in [0.4, 0.5) is 10.6 Å². The molecule has 30 heavy (non-hydrogen) atoms. The maximum Gasteiger partial charge on any atom is 0.321 e. The zero-order valence-electron chi connectivity index (χ0n) is 16.6. The van der Waals surface area contributed by atoms with Crippen molar-refractivity contribution < 1.29 is 9.59 Å². The van der Waals surface area contributed by atoms with Crippen LogP contribution in [0.2, 0.25) is 5.02 Å². The minimum absolute atomic E-state index is 0.101. The quantitative estimate of drug-likeness (QED) is 0.666. The second kappa shape index (κ2) is 8.67. The number of halogens is 1. The van der Waals surface area contributed by atoms with E-state index in [-0.39, 0.29) is 5.91 Å². The van der Waals surface area contributed by atoms with Crippen molar-refractivity contribution in [2.45, 2.75) is 32.4 Å². The highest BCUT2D eigenvalue weighted by molar-refractivity contribution is 6.35. The number of hydrogen-bond acceptors (Lipinski definition) is 4. The maximum atomic E-state index is 12.8. The standard InChI is InChI=1S/C22H22ClN5O2/c1-14-7-9-17(23)16-8-10-19(26-20(14)16)27-22(30)25-18-6-4-12-28(21(18)29)13-15-5-2-3-11-24-15/h2-3,5,7-11,18H,4,6,12-13H2,1H3,(H2,25,26,27,30). The number of aryl methyl sites for hydroxylation is 1. The van der Waals surface area contributed by atoms with E-state index < -0.39 is 12.1 Å². The first-order valence-electron chi connectivity index (χ1n) is 9.83. The highest BCUT2D eigenvalue weighted by atomic mass is 35.5. The summed E-state index contributed by atoms with van der Waals surface area (Å²) in [7, 11) is 0. The van der Waals surface area contributed by atoms with Crippen molar-refractivity contribution in [3.8, 4) is 0 Å². The summed E-state index contributed by atoms with van der Waals surface area (Å²) in [5.74, 6) is 0.301. The number of anilines is 1. The van der Waals surface area contributed by atoms with E-state index in [9.17, 15) is 9.59 Å². The molecular formula is C22H22ClN5O2. The molecule has 1 atom stereocenters. The highest BCUT2D eigenvalue weighted by Gasteiger charge is 2.30. The summed E-state index contributed by atoms with van der Waals surface area (Å²) in [6, 6.07) is 11.8. The largest absolute Gasteiger partial charge is 0.335 e. The van der Waals surface area contributed by atoms with Crippen LogP contribution in [-0.2, 0) is 11.3 Å². The molecule has 1 aromatic carbocycles. The molecule has 154 valence electrons. The van der Waals surface area contributed by atoms with Crippen molar-refractivity contribution in [3.63, 3.8) is 0 Å². The van der Waals surface area contributed by atoms with Crippen LogP contribution >= 0.6 is 11.6 Å². The molecule has 1 unspecified atom stereocenters. The van der Waals surface area contributed by atoms with Gasteiger partial charge < -0.3 is 10.2 Å². The second-order valence-electron chi connectivity index (χ2n) is 7.33. The first-order chi connectivity index (χ1) is 14.5. The van der Waals surface area contributed by atoms with Gasteiger partial charge in [-0.2, -0.15) is 0 Å². The third-order valence-electron chi connectivity index (χ3n) is 5.16. The molecule has 7 nitrogen and oxygen atoms in total. The monoisotopic (exact) mass is 423 g/mol. The van der Waals surface area contributed by atoms with Gasteiger partial charge in [0.15, 0.2) is 0 Å². The minimum atomic E-state index is -0.570. The van der Waals surface area contributed by atoms with Crippen LogP contribution in [0.5, 0.6) is 0 Å². The number of aromatic nitrogens is 2. The molecule has 3 aromatic rings. The lowest BCUT2D eigenvalue weighted by Crippen LogP contribution is -2.52. The number of hydrogen-bond donors (Lipinski definition) is 2. The van der Waals surface area contributed by atoms with Crippen molar-refractivity contribution in [3.05, 3.63) is 64.9 Å². The third kappa shape index (κ3) is 4.36. The average Bonchev–Trinajstić information content (AvgIpc) is 2.74. The van der Waals surface area contributed by atoms with Gasteiger partial charge >= 0.3 is 6.03 Å². The number of rotatable bonds is 4. The van der Waals surface area contributed by atoms with Crippen LogP contribution in [0.1, 0.15) is 24.1 Å². The molecule has 2 aromatic heterocycles. The Hall–Kier alpha value is -3.19. The fourth-order valence-corrected chi connectivity index (χ4v) is 3.83. The Morgan fingerprint density at radius 3 is 2.90 bits per heavy atom. The predicted molar refractivity (Wildman–Crippen MR) is 116 cm³/mol. The number of nitrogens with one attached hydrogen (secondary N) is 2. The smallest absolute Gasteiger partial charge is 0.321 e. The molecule has 3 heterocycles. The lowest BCUT2D eigenvalue weighted by Gasteiger charge is -2.32. The minimum Gasteiger partial charge on any atom is -0.335 e. The van der Waals surface area contributed by atoms with E-state index in [0.29, 0.717) is 30.4 Å². The number of fused-ring (bicyclic) bond motifs is 1. The Morgan fingerprint density at radius 2 is 2.10 bits per heavy atom. The first kappa shape index (κ1) is 20.1. The number of pyridine rings is 2. The van der Waals surface area contributed by atoms with Gasteiger partial charge in [-0.25, -0.2) is 9.78 Å². The summed E-state index contributed by atoms with van der Waals surface area (Å²) in [4.78, 5) is 35.8. The van der Waals surface area contributed by atoms with Crippen molar-refractivity contribution in [1.29, 1.82) is 0 Å². The zero-order chi connectivity index (χ0) is 21.1. The Bertz CT molecular complexity index is 1090. The number of urea groups is 1. The van der Waals surface area contributed by atoms with E-state index in [0.717, 1.165) is 28.6 Å². The van der Waals surface area contributed by atoms with E-state index in [1.807, 2.05) is 43.3 Å². The van der Waals surface area contributed by atoms with Gasteiger partial charge in [0.05, 0.1) is 17.8 Å². The van der Waals surface area contributed by atoms with Gasteiger partial charge in [-0.1, -0.05) is 23.7 Å². The van der Waals surface area contributed by atoms with Gasteiger partial charge in [0, 0.05) is 23.2 Å². The normalized spacial score (nSPS) is 16.5. The lowest BCUT2D eigenvalue weighted by atomic mass is 10.0. The Morgan fingerprint density at radius 1 is 1.23 bits per heavy atom. The third-order valence-corrected chi connectivity index (χ3v) is 5.49. The summed E-state index contributed by atoms with van der Waals surface area (Å²) in [6.07, 6.45) is 3.12. The summed E-state index contributed by atoms with van der Waals surface area (Å²) in [6.45, 7) is 3.03. The van der Waals surface area contributed by atoms with Gasteiger partial charge in [0.2, 0.25) is 5.91 Å². The Balaban J connectivity index is 1.41. The van der Waals surface area contributed by atoms with Crippen LogP contribution in [-0.4, -0.2) is 39.4 Å². The molecule has 0 spiro atoms. The van der Waals surface area contributed by atoms with E-state index >= 15 is 0 Å². The van der Waals surface area contributed by atoms with Crippen molar-refractivity contribution in [2.24, 2.45) is 0 Å². The van der Waals surface area contributed by atoms with Crippen LogP contribution < -0.4 is 10.6 Å². The molecule has 4 rings (SSSR count). The molecule has 1 fully saturated rings. The van der Waals surface area contributed by atoms with Gasteiger partial charge in [0.1, 0.15) is 11.9 Å². The average molecular weight is 424 g/mol. The molecule has 1 aliphatic heterocycles. The summed E-state index contributed by atoms with van der Waals surface area (Å²) in [5, 5.41) is 6.94. The van der Waals surface area contributed by atoms with E-state index in [2.05, 4.69) is 20.6 Å². The number of nitrogens with zero attached hydrogens (tertiary/aromatic N) is 3. The highest BCUT2D eigenvalue weighted by Crippen LogP contribution is 2.26. The molecule has 3 amide bonds. The van der Waals surface area contributed by atoms with Gasteiger partial charge in [0.25, 0.3) is 0 Å². The van der Waals surface area contributed by atoms with E-state index in [1.165, 1.54) is 0 Å². The zero-order valence-corrected chi connectivity index (χ0v) is 17.3.